The zero-order valence-electron chi connectivity index (χ0n) is 4.79. The van der Waals surface area contributed by atoms with E-state index in [1.807, 2.05) is 0 Å². The third kappa shape index (κ3) is 0.675. The minimum Gasteiger partial charge on any atom is -0.487 e. The Balaban J connectivity index is 2.23. The summed E-state index contributed by atoms with van der Waals surface area (Å²) in [5.74, 6) is 0.873. The number of hydrogen-bond donors (Lipinski definition) is 2. The first-order valence-electron chi connectivity index (χ1n) is 2.84. The largest absolute Gasteiger partial charge is 0.487 e. The first-order valence-corrected chi connectivity index (χ1v) is 2.84. The Labute approximate surface area is 52.6 Å². The summed E-state index contributed by atoms with van der Waals surface area (Å²) in [6.07, 6.45) is 3.34. The summed E-state index contributed by atoms with van der Waals surface area (Å²) in [5, 5.41) is 0. The van der Waals surface area contributed by atoms with Crippen molar-refractivity contribution in [3.05, 3.63) is 12.5 Å². The van der Waals surface area contributed by atoms with Gasteiger partial charge in [-0.15, -0.1) is 0 Å². The van der Waals surface area contributed by atoms with E-state index in [1.54, 1.807) is 12.5 Å². The van der Waals surface area contributed by atoms with Crippen molar-refractivity contribution in [2.45, 2.75) is 6.10 Å². The van der Waals surface area contributed by atoms with Crippen LogP contribution in [0.3, 0.4) is 0 Å². The molecule has 2 aliphatic heterocycles. The molecule has 4 heteroatoms. The quantitative estimate of drug-likeness (QED) is 0.452. The molecule has 2 rings (SSSR count). The summed E-state index contributed by atoms with van der Waals surface area (Å²) in [6.45, 7) is 0.795. The average molecular weight is 125 g/mol. The SMILES string of the molecule is C1=COC2CNNC2=N1. The summed E-state index contributed by atoms with van der Waals surface area (Å²) < 4.78 is 5.17. The third-order valence-corrected chi connectivity index (χ3v) is 1.33. The highest BCUT2D eigenvalue weighted by atomic mass is 16.5. The van der Waals surface area contributed by atoms with Gasteiger partial charge in [0.2, 0.25) is 0 Å². The molecule has 0 amide bonds. The Bertz CT molecular complexity index is 175. The molecule has 0 aromatic heterocycles. The normalized spacial score (nSPS) is 30.2. The Morgan fingerprint density at radius 2 is 2.78 bits per heavy atom. The van der Waals surface area contributed by atoms with E-state index >= 15 is 0 Å². The molecule has 4 nitrogen and oxygen atoms in total. The molecule has 1 saturated heterocycles. The lowest BCUT2D eigenvalue weighted by Gasteiger charge is -2.10. The van der Waals surface area contributed by atoms with E-state index in [0.29, 0.717) is 0 Å². The summed E-state index contributed by atoms with van der Waals surface area (Å²) in [6, 6.07) is 0. The first-order chi connectivity index (χ1) is 4.47. The number of fused-ring (bicyclic) bond motifs is 1. The summed E-state index contributed by atoms with van der Waals surface area (Å²) in [7, 11) is 0. The Kier molecular flexibility index (Phi) is 0.927. The van der Waals surface area contributed by atoms with Crippen molar-refractivity contribution < 1.29 is 4.74 Å². The van der Waals surface area contributed by atoms with Crippen LogP contribution in [0.5, 0.6) is 0 Å². The Morgan fingerprint density at radius 1 is 1.78 bits per heavy atom. The van der Waals surface area contributed by atoms with Crippen LogP contribution in [0.2, 0.25) is 0 Å². The van der Waals surface area contributed by atoms with E-state index < -0.39 is 0 Å². The first kappa shape index (κ1) is 4.81. The second-order valence-corrected chi connectivity index (χ2v) is 1.93. The number of rotatable bonds is 0. The third-order valence-electron chi connectivity index (χ3n) is 1.33. The number of ether oxygens (including phenoxy) is 1. The van der Waals surface area contributed by atoms with Crippen LogP contribution in [0.1, 0.15) is 0 Å². The maximum atomic E-state index is 5.17. The average Bonchev–Trinajstić information content (AvgIpc) is 2.33. The molecule has 0 saturated carbocycles. The van der Waals surface area contributed by atoms with Crippen LogP contribution in [-0.4, -0.2) is 18.5 Å². The fourth-order valence-corrected chi connectivity index (χ4v) is 0.880. The highest BCUT2D eigenvalue weighted by Gasteiger charge is 2.23. The van der Waals surface area contributed by atoms with Crippen LogP contribution < -0.4 is 10.9 Å². The lowest BCUT2D eigenvalue weighted by atomic mass is 10.3. The van der Waals surface area contributed by atoms with Gasteiger partial charge in [-0.2, -0.15) is 0 Å². The van der Waals surface area contributed by atoms with Crippen molar-refractivity contribution in [1.82, 2.24) is 10.9 Å². The Hall–Kier alpha value is -1.03. The molecule has 2 N–H and O–H groups in total. The number of amidine groups is 1. The van der Waals surface area contributed by atoms with Gasteiger partial charge in [0.05, 0.1) is 12.7 Å². The molecular formula is C5H7N3O. The van der Waals surface area contributed by atoms with E-state index in [-0.39, 0.29) is 6.10 Å². The van der Waals surface area contributed by atoms with E-state index in [4.69, 9.17) is 4.74 Å². The highest BCUT2D eigenvalue weighted by Crippen LogP contribution is 2.03. The van der Waals surface area contributed by atoms with Gasteiger partial charge in [0.1, 0.15) is 6.26 Å². The van der Waals surface area contributed by atoms with Crippen molar-refractivity contribution in [2.75, 3.05) is 6.54 Å². The minimum absolute atomic E-state index is 0.106. The summed E-state index contributed by atoms with van der Waals surface area (Å²) in [5.41, 5.74) is 5.80. The van der Waals surface area contributed by atoms with Gasteiger partial charge in [-0.05, 0) is 0 Å². The van der Waals surface area contributed by atoms with E-state index in [0.717, 1.165) is 12.4 Å². The molecule has 0 aromatic rings. The van der Waals surface area contributed by atoms with Crippen LogP contribution in [0, 0.1) is 0 Å². The molecule has 0 aromatic carbocycles. The van der Waals surface area contributed by atoms with Gasteiger partial charge in [-0.25, -0.2) is 10.4 Å². The zero-order valence-corrected chi connectivity index (χ0v) is 4.79. The second-order valence-electron chi connectivity index (χ2n) is 1.93. The molecule has 2 aliphatic rings. The topological polar surface area (TPSA) is 45.6 Å². The molecule has 0 aliphatic carbocycles. The molecule has 9 heavy (non-hydrogen) atoms. The molecule has 1 unspecified atom stereocenters. The second kappa shape index (κ2) is 1.73. The van der Waals surface area contributed by atoms with Crippen molar-refractivity contribution in [1.29, 1.82) is 0 Å². The molecule has 2 heterocycles. The van der Waals surface area contributed by atoms with Crippen LogP contribution in [0.15, 0.2) is 17.5 Å². The maximum absolute atomic E-state index is 5.17. The summed E-state index contributed by atoms with van der Waals surface area (Å²) in [4.78, 5) is 4.03. The van der Waals surface area contributed by atoms with Crippen molar-refractivity contribution in [3.8, 4) is 0 Å². The van der Waals surface area contributed by atoms with Crippen LogP contribution in [0.25, 0.3) is 0 Å². The van der Waals surface area contributed by atoms with E-state index in [1.165, 1.54) is 0 Å². The minimum atomic E-state index is 0.106. The molecule has 1 fully saturated rings. The lowest BCUT2D eigenvalue weighted by molar-refractivity contribution is 0.208. The predicted molar refractivity (Wildman–Crippen MR) is 32.6 cm³/mol. The zero-order chi connectivity index (χ0) is 6.10. The van der Waals surface area contributed by atoms with Crippen molar-refractivity contribution >= 4 is 5.84 Å². The lowest BCUT2D eigenvalue weighted by Crippen LogP contribution is -2.28. The molecule has 1 atom stereocenters. The van der Waals surface area contributed by atoms with Gasteiger partial charge < -0.3 is 10.2 Å². The molecule has 0 bridgehead atoms. The monoisotopic (exact) mass is 125 g/mol. The molecule has 0 radical (unpaired) electrons. The standard InChI is InChI=1S/C5H7N3O/c1-2-9-4-3-7-8-5(4)6-1/h1-2,4,7H,3H2,(H,6,8). The molecular weight excluding hydrogens is 118 g/mol. The van der Waals surface area contributed by atoms with Crippen molar-refractivity contribution in [2.24, 2.45) is 4.99 Å². The Morgan fingerprint density at radius 3 is 3.67 bits per heavy atom. The van der Waals surface area contributed by atoms with E-state index in [9.17, 15) is 0 Å². The molecule has 48 valence electrons. The number of nitrogens with one attached hydrogen (secondary N) is 2. The van der Waals surface area contributed by atoms with Gasteiger partial charge in [-0.3, -0.25) is 0 Å². The van der Waals surface area contributed by atoms with Gasteiger partial charge in [0.25, 0.3) is 0 Å². The van der Waals surface area contributed by atoms with E-state index in [2.05, 4.69) is 15.8 Å². The van der Waals surface area contributed by atoms with Crippen LogP contribution >= 0.6 is 0 Å². The fourth-order valence-electron chi connectivity index (χ4n) is 0.880. The van der Waals surface area contributed by atoms with Crippen LogP contribution in [-0.2, 0) is 4.74 Å². The van der Waals surface area contributed by atoms with Crippen molar-refractivity contribution in [3.63, 3.8) is 0 Å². The number of nitrogens with zero attached hydrogens (tertiary/aromatic N) is 1. The maximum Gasteiger partial charge on any atom is 0.170 e. The number of hydrogen-bond acceptors (Lipinski definition) is 4. The smallest absolute Gasteiger partial charge is 0.170 e. The number of hydrazine groups is 1. The van der Waals surface area contributed by atoms with Gasteiger partial charge in [-0.1, -0.05) is 0 Å². The number of aliphatic imine (C=N–C) groups is 1. The summed E-state index contributed by atoms with van der Waals surface area (Å²) >= 11 is 0. The highest BCUT2D eigenvalue weighted by molar-refractivity contribution is 5.89. The molecule has 0 spiro atoms. The fraction of sp³-hybridized carbons (Fsp3) is 0.400. The predicted octanol–water partition coefficient (Wildman–Crippen LogP) is -0.637. The van der Waals surface area contributed by atoms with Gasteiger partial charge in [0, 0.05) is 0 Å². The van der Waals surface area contributed by atoms with Crippen LogP contribution in [0.4, 0.5) is 0 Å². The van der Waals surface area contributed by atoms with Gasteiger partial charge in [0.15, 0.2) is 11.9 Å². The van der Waals surface area contributed by atoms with Gasteiger partial charge >= 0.3 is 0 Å².